The van der Waals surface area contributed by atoms with E-state index in [2.05, 4.69) is 15.3 Å². The van der Waals surface area contributed by atoms with E-state index in [0.29, 0.717) is 37.0 Å². The van der Waals surface area contributed by atoms with Crippen molar-refractivity contribution < 1.29 is 26.8 Å². The molecule has 2 aromatic heterocycles. The molecule has 2 aromatic carbocycles. The minimum atomic E-state index is -3.53. The lowest BCUT2D eigenvalue weighted by atomic mass is 9.90. The highest BCUT2D eigenvalue weighted by Gasteiger charge is 2.28. The van der Waals surface area contributed by atoms with Gasteiger partial charge in [-0.3, -0.25) is 0 Å². The second-order valence-corrected chi connectivity index (χ2v) is 10.9. The first kappa shape index (κ1) is 24.7. The number of halogens is 1. The molecule has 0 radical (unpaired) electrons. The molecule has 1 aliphatic heterocycles. The van der Waals surface area contributed by atoms with Crippen LogP contribution in [0.15, 0.2) is 70.4 Å². The molecular formula is C26H25FN4O5S. The first-order valence-electron chi connectivity index (χ1n) is 11.7. The maximum absolute atomic E-state index is 14.6. The average Bonchev–Trinajstić information content (AvgIpc) is 3.34. The van der Waals surface area contributed by atoms with Crippen LogP contribution in [0.3, 0.4) is 0 Å². The number of piperidine rings is 1. The largest absolute Gasteiger partial charge is 0.458 e. The van der Waals surface area contributed by atoms with Gasteiger partial charge in [-0.25, -0.2) is 27.6 Å². The van der Waals surface area contributed by atoms with Gasteiger partial charge in [-0.2, -0.15) is 0 Å². The molecular weight excluding hydrogens is 499 g/mol. The Morgan fingerprint density at radius 3 is 2.62 bits per heavy atom. The number of likely N-dealkylation sites (tertiary alicyclic amines) is 1. The van der Waals surface area contributed by atoms with Crippen molar-refractivity contribution in [3.63, 3.8) is 0 Å². The fourth-order valence-corrected chi connectivity index (χ4v) is 5.02. The molecule has 0 aliphatic carbocycles. The molecule has 4 aromatic rings. The summed E-state index contributed by atoms with van der Waals surface area (Å²) in [7, 11) is -3.53. The number of anilines is 2. The maximum Gasteiger partial charge on any atom is 0.410 e. The predicted molar refractivity (Wildman–Crippen MR) is 135 cm³/mol. The Morgan fingerprint density at radius 2 is 1.92 bits per heavy atom. The highest BCUT2D eigenvalue weighted by atomic mass is 32.2. The van der Waals surface area contributed by atoms with Crippen LogP contribution < -0.4 is 5.32 Å². The van der Waals surface area contributed by atoms with Gasteiger partial charge in [0.2, 0.25) is 0 Å². The third-order valence-electron chi connectivity index (χ3n) is 6.40. The highest BCUT2D eigenvalue weighted by molar-refractivity contribution is 7.90. The number of nitrogens with zero attached hydrogens (tertiary/aromatic N) is 3. The first-order chi connectivity index (χ1) is 17.8. The summed E-state index contributed by atoms with van der Waals surface area (Å²) in [4.78, 5) is 22.6. The number of rotatable bonds is 6. The summed E-state index contributed by atoms with van der Waals surface area (Å²) in [5.74, 6) is -0.342. The fraction of sp³-hybridized carbons (Fsp3) is 0.269. The van der Waals surface area contributed by atoms with Gasteiger partial charge in [-0.05, 0) is 42.5 Å². The van der Waals surface area contributed by atoms with E-state index in [1.165, 1.54) is 18.5 Å². The van der Waals surface area contributed by atoms with Crippen LogP contribution in [0.2, 0.25) is 0 Å². The van der Waals surface area contributed by atoms with Crippen LogP contribution in [0.4, 0.5) is 20.7 Å². The Morgan fingerprint density at radius 1 is 1.16 bits per heavy atom. The molecule has 0 saturated carbocycles. The summed E-state index contributed by atoms with van der Waals surface area (Å²) in [6.45, 7) is 1.31. The van der Waals surface area contributed by atoms with Crippen LogP contribution in [-0.4, -0.2) is 48.7 Å². The quantitative estimate of drug-likeness (QED) is 0.374. The number of nitrogens with one attached hydrogen (secondary N) is 1. The van der Waals surface area contributed by atoms with Crippen molar-refractivity contribution in [3.8, 4) is 0 Å². The third kappa shape index (κ3) is 5.41. The first-order valence-corrected chi connectivity index (χ1v) is 13.6. The standard InChI is InChI=1S/C26H25FN4O5S/c1-37(33,34)19-7-8-22(21(27)13-19)30-25-24-23(28-16-29-25)20(15-35-24)18-9-11-31(12-10-18)26(32)36-14-17-5-3-2-4-6-17/h2-8,13,15-16,18H,9-12,14H2,1H3,(H,28,29,30). The molecule has 1 fully saturated rings. The SMILES string of the molecule is CS(=O)(=O)c1ccc(Nc2ncnc3c(C4CCN(C(=O)OCc5ccccc5)CC4)coc23)c(F)c1. The Balaban J connectivity index is 1.26. The van der Waals surface area contributed by atoms with E-state index in [1.807, 2.05) is 30.3 Å². The number of hydrogen-bond donors (Lipinski definition) is 1. The summed E-state index contributed by atoms with van der Waals surface area (Å²) in [5.41, 5.74) is 2.87. The topological polar surface area (TPSA) is 115 Å². The van der Waals surface area contributed by atoms with Gasteiger partial charge >= 0.3 is 6.09 Å². The Kier molecular flexibility index (Phi) is 6.79. The zero-order chi connectivity index (χ0) is 26.0. The smallest absolute Gasteiger partial charge is 0.410 e. The second kappa shape index (κ2) is 10.2. The number of carbonyl (C=O) groups is 1. The van der Waals surface area contributed by atoms with Gasteiger partial charge in [0, 0.05) is 24.9 Å². The van der Waals surface area contributed by atoms with E-state index >= 15 is 0 Å². The molecule has 0 unspecified atom stereocenters. The van der Waals surface area contributed by atoms with Crippen LogP contribution in [-0.2, 0) is 21.2 Å². The fourth-order valence-electron chi connectivity index (χ4n) is 4.39. The average molecular weight is 525 g/mol. The summed E-state index contributed by atoms with van der Waals surface area (Å²) >= 11 is 0. The number of fused-ring (bicyclic) bond motifs is 1. The molecule has 5 rings (SSSR count). The van der Waals surface area contributed by atoms with E-state index in [0.717, 1.165) is 23.4 Å². The van der Waals surface area contributed by atoms with Crippen molar-refractivity contribution in [2.75, 3.05) is 24.7 Å². The lowest BCUT2D eigenvalue weighted by Crippen LogP contribution is -2.38. The monoisotopic (exact) mass is 524 g/mol. The molecule has 192 valence electrons. The normalized spacial score (nSPS) is 14.6. The lowest BCUT2D eigenvalue weighted by molar-refractivity contribution is 0.0870. The molecule has 1 aliphatic rings. The van der Waals surface area contributed by atoms with Crippen molar-refractivity contribution in [2.24, 2.45) is 0 Å². The van der Waals surface area contributed by atoms with Crippen LogP contribution >= 0.6 is 0 Å². The molecule has 37 heavy (non-hydrogen) atoms. The summed E-state index contributed by atoms with van der Waals surface area (Å²) < 4.78 is 49.2. The number of furan rings is 1. The van der Waals surface area contributed by atoms with Gasteiger partial charge in [0.05, 0.1) is 16.8 Å². The second-order valence-electron chi connectivity index (χ2n) is 8.93. The van der Waals surface area contributed by atoms with E-state index in [4.69, 9.17) is 9.15 Å². The van der Waals surface area contributed by atoms with E-state index in [-0.39, 0.29) is 35.0 Å². The molecule has 1 N–H and O–H groups in total. The van der Waals surface area contributed by atoms with Gasteiger partial charge in [0.1, 0.15) is 24.3 Å². The zero-order valence-corrected chi connectivity index (χ0v) is 20.9. The van der Waals surface area contributed by atoms with Crippen molar-refractivity contribution in [1.82, 2.24) is 14.9 Å². The number of hydrogen-bond acceptors (Lipinski definition) is 8. The number of amides is 1. The highest BCUT2D eigenvalue weighted by Crippen LogP contribution is 2.36. The van der Waals surface area contributed by atoms with Gasteiger partial charge in [0.25, 0.3) is 0 Å². The minimum Gasteiger partial charge on any atom is -0.458 e. The summed E-state index contributed by atoms with van der Waals surface area (Å²) in [5, 5.41) is 2.88. The summed E-state index contributed by atoms with van der Waals surface area (Å²) in [6, 6.07) is 13.2. The zero-order valence-electron chi connectivity index (χ0n) is 20.1. The van der Waals surface area contributed by atoms with Crippen molar-refractivity contribution in [3.05, 3.63) is 78.1 Å². The van der Waals surface area contributed by atoms with Crippen molar-refractivity contribution in [1.29, 1.82) is 0 Å². The van der Waals surface area contributed by atoms with E-state index in [9.17, 15) is 17.6 Å². The number of benzene rings is 2. The van der Waals surface area contributed by atoms with Gasteiger partial charge in [-0.1, -0.05) is 30.3 Å². The van der Waals surface area contributed by atoms with Crippen molar-refractivity contribution >= 4 is 38.5 Å². The summed E-state index contributed by atoms with van der Waals surface area (Å²) in [6.07, 6.45) is 5.10. The van der Waals surface area contributed by atoms with Crippen LogP contribution in [0.5, 0.6) is 0 Å². The minimum absolute atomic E-state index is 0.0627. The van der Waals surface area contributed by atoms with E-state index < -0.39 is 15.7 Å². The van der Waals surface area contributed by atoms with Crippen molar-refractivity contribution in [2.45, 2.75) is 30.3 Å². The number of sulfone groups is 1. The Bertz CT molecular complexity index is 1530. The van der Waals surface area contributed by atoms with Gasteiger partial charge in [0.15, 0.2) is 21.2 Å². The molecule has 0 bridgehead atoms. The lowest BCUT2D eigenvalue weighted by Gasteiger charge is -2.30. The molecule has 1 saturated heterocycles. The molecule has 9 nitrogen and oxygen atoms in total. The Labute approximate surface area is 213 Å². The molecule has 0 atom stereocenters. The number of ether oxygens (including phenoxy) is 1. The van der Waals surface area contributed by atoms with Gasteiger partial charge < -0.3 is 19.4 Å². The third-order valence-corrected chi connectivity index (χ3v) is 7.51. The Hall–Kier alpha value is -3.99. The number of aromatic nitrogens is 2. The number of carbonyl (C=O) groups excluding carboxylic acids is 1. The molecule has 3 heterocycles. The van der Waals surface area contributed by atoms with Crippen LogP contribution in [0.1, 0.15) is 29.9 Å². The van der Waals surface area contributed by atoms with Gasteiger partial charge in [-0.15, -0.1) is 0 Å². The predicted octanol–water partition coefficient (Wildman–Crippen LogP) is 5.03. The maximum atomic E-state index is 14.6. The van der Waals surface area contributed by atoms with Crippen LogP contribution in [0.25, 0.3) is 11.1 Å². The van der Waals surface area contributed by atoms with Crippen LogP contribution in [0, 0.1) is 5.82 Å². The van der Waals surface area contributed by atoms with E-state index in [1.54, 1.807) is 11.2 Å². The molecule has 1 amide bonds. The molecule has 0 spiro atoms. The molecule has 11 heteroatoms.